The molecule has 1 N–H and O–H groups in total. The summed E-state index contributed by atoms with van der Waals surface area (Å²) in [7, 11) is 0. The molecule has 0 unspecified atom stereocenters. The van der Waals surface area contributed by atoms with E-state index in [4.69, 9.17) is 0 Å². The van der Waals surface area contributed by atoms with Crippen molar-refractivity contribution in [3.05, 3.63) is 53.2 Å². The molecule has 0 saturated heterocycles. The van der Waals surface area contributed by atoms with Gasteiger partial charge >= 0.3 is 0 Å². The Kier molecular flexibility index (Phi) is 5.08. The zero-order valence-corrected chi connectivity index (χ0v) is 16.0. The monoisotopic (exact) mass is 311 g/mol. The minimum absolute atomic E-state index is 0.264. The molecule has 1 heteroatoms. The molecule has 0 saturated carbocycles. The largest absolute Gasteiger partial charge is 0.389 e. The van der Waals surface area contributed by atoms with Crippen LogP contribution in [0.4, 0.5) is 0 Å². The second kappa shape index (κ2) is 6.55. The van der Waals surface area contributed by atoms with E-state index in [9.17, 15) is 0 Å². The maximum absolute atomic E-state index is 3.35. The van der Waals surface area contributed by atoms with E-state index in [0.717, 1.165) is 0 Å². The van der Waals surface area contributed by atoms with Crippen LogP contribution >= 0.6 is 0 Å². The number of hydrogen-bond acceptors (Lipinski definition) is 1. The summed E-state index contributed by atoms with van der Waals surface area (Å²) in [6.45, 7) is 16.0. The van der Waals surface area contributed by atoms with E-state index in [1.807, 2.05) is 0 Å². The highest BCUT2D eigenvalue weighted by molar-refractivity contribution is 5.74. The van der Waals surface area contributed by atoms with E-state index in [2.05, 4.69) is 90.3 Å². The molecule has 0 spiro atoms. The normalized spacial score (nSPS) is 19.9. The van der Waals surface area contributed by atoms with Crippen molar-refractivity contribution in [1.82, 2.24) is 5.32 Å². The van der Waals surface area contributed by atoms with Gasteiger partial charge in [-0.05, 0) is 79.0 Å². The van der Waals surface area contributed by atoms with Gasteiger partial charge in [-0.25, -0.2) is 0 Å². The fourth-order valence-corrected chi connectivity index (χ4v) is 3.46. The predicted octanol–water partition coefficient (Wildman–Crippen LogP) is 5.95. The van der Waals surface area contributed by atoms with Crippen LogP contribution in [0, 0.1) is 0 Å². The first-order valence-electron chi connectivity index (χ1n) is 8.92. The molecule has 126 valence electrons. The van der Waals surface area contributed by atoms with Crippen LogP contribution in [0.1, 0.15) is 78.0 Å². The quantitative estimate of drug-likeness (QED) is 0.677. The predicted molar refractivity (Wildman–Crippen MR) is 103 cm³/mol. The first-order chi connectivity index (χ1) is 10.7. The average molecular weight is 312 g/mol. The van der Waals surface area contributed by atoms with E-state index in [0.29, 0.717) is 6.04 Å². The first-order valence-corrected chi connectivity index (χ1v) is 8.92. The Morgan fingerprint density at radius 1 is 1.04 bits per heavy atom. The molecular formula is C22H33N. The fraction of sp³-hybridized carbons (Fsp3) is 0.545. The molecule has 0 aromatic heterocycles. The molecule has 0 amide bonds. The van der Waals surface area contributed by atoms with Crippen molar-refractivity contribution in [3.8, 4) is 0 Å². The minimum Gasteiger partial charge on any atom is -0.389 e. The molecule has 0 fully saturated rings. The second-order valence-corrected chi connectivity index (χ2v) is 8.43. The SMILES string of the molecule is C/C=C(/C=C\NC(C)C)c1ccc2c(c1)C(C)(C)CCC2(C)C. The number of nitrogens with one attached hydrogen (secondary N) is 1. The lowest BCUT2D eigenvalue weighted by molar-refractivity contribution is 0.332. The highest BCUT2D eigenvalue weighted by atomic mass is 14.9. The maximum atomic E-state index is 3.35. The first kappa shape index (κ1) is 17.8. The number of hydrogen-bond donors (Lipinski definition) is 1. The van der Waals surface area contributed by atoms with Crippen LogP contribution in [0.15, 0.2) is 36.6 Å². The topological polar surface area (TPSA) is 12.0 Å². The van der Waals surface area contributed by atoms with Gasteiger partial charge < -0.3 is 5.32 Å². The van der Waals surface area contributed by atoms with Gasteiger partial charge in [-0.2, -0.15) is 0 Å². The highest BCUT2D eigenvalue weighted by Crippen LogP contribution is 2.46. The van der Waals surface area contributed by atoms with Gasteiger partial charge in [0.05, 0.1) is 0 Å². The van der Waals surface area contributed by atoms with Crippen molar-refractivity contribution < 1.29 is 0 Å². The van der Waals surface area contributed by atoms with Gasteiger partial charge in [0.25, 0.3) is 0 Å². The number of rotatable bonds is 4. The lowest BCUT2D eigenvalue weighted by Crippen LogP contribution is -2.33. The summed E-state index contributed by atoms with van der Waals surface area (Å²) in [6, 6.07) is 7.54. The van der Waals surface area contributed by atoms with E-state index in [1.54, 1.807) is 0 Å². The van der Waals surface area contributed by atoms with Gasteiger partial charge in [0.2, 0.25) is 0 Å². The minimum atomic E-state index is 0.264. The van der Waals surface area contributed by atoms with E-state index in [1.165, 1.54) is 35.1 Å². The molecule has 0 atom stereocenters. The summed E-state index contributed by atoms with van der Waals surface area (Å²) >= 11 is 0. The van der Waals surface area contributed by atoms with Crippen LogP contribution in [0.25, 0.3) is 5.57 Å². The van der Waals surface area contributed by atoms with Crippen molar-refractivity contribution in [2.24, 2.45) is 0 Å². The fourth-order valence-electron chi connectivity index (χ4n) is 3.46. The summed E-state index contributed by atoms with van der Waals surface area (Å²) in [4.78, 5) is 0. The lowest BCUT2D eigenvalue weighted by atomic mass is 9.63. The van der Waals surface area contributed by atoms with Crippen LogP contribution in [0.3, 0.4) is 0 Å². The van der Waals surface area contributed by atoms with E-state index >= 15 is 0 Å². The molecule has 0 radical (unpaired) electrons. The number of allylic oxidation sites excluding steroid dienone is 3. The number of fused-ring (bicyclic) bond motifs is 1. The Hall–Kier alpha value is -1.50. The Morgan fingerprint density at radius 3 is 2.22 bits per heavy atom. The van der Waals surface area contributed by atoms with Gasteiger partial charge in [-0.15, -0.1) is 0 Å². The summed E-state index contributed by atoms with van der Waals surface area (Å²) < 4.78 is 0. The Bertz CT molecular complexity index is 615. The van der Waals surface area contributed by atoms with Crippen molar-refractivity contribution in [3.63, 3.8) is 0 Å². The summed E-state index contributed by atoms with van der Waals surface area (Å²) in [5.74, 6) is 0. The standard InChI is InChI=1S/C22H33N/c1-8-17(11-14-23-16(2)3)18-9-10-19-20(15-18)22(6,7)13-12-21(19,4)5/h8-11,14-16,23H,12-13H2,1-7H3/b14-11-,17-8-. The highest BCUT2D eigenvalue weighted by Gasteiger charge is 2.36. The molecule has 0 aliphatic heterocycles. The molecule has 2 rings (SSSR count). The van der Waals surface area contributed by atoms with Crippen LogP contribution in [-0.2, 0) is 10.8 Å². The third kappa shape index (κ3) is 3.88. The third-order valence-corrected chi connectivity index (χ3v) is 5.19. The smallest absolute Gasteiger partial charge is 0.0199 e. The lowest BCUT2D eigenvalue weighted by Gasteiger charge is -2.42. The Balaban J connectivity index is 2.41. The summed E-state index contributed by atoms with van der Waals surface area (Å²) in [6.07, 6.45) is 8.96. The molecule has 1 aliphatic carbocycles. The summed E-state index contributed by atoms with van der Waals surface area (Å²) in [5.41, 5.74) is 6.20. The van der Waals surface area contributed by atoms with Crippen LogP contribution in [-0.4, -0.2) is 6.04 Å². The zero-order chi connectivity index (χ0) is 17.3. The van der Waals surface area contributed by atoms with Gasteiger partial charge in [0.1, 0.15) is 0 Å². The molecule has 0 bridgehead atoms. The Morgan fingerprint density at radius 2 is 1.65 bits per heavy atom. The van der Waals surface area contributed by atoms with Crippen molar-refractivity contribution in [2.45, 2.75) is 78.2 Å². The molecule has 1 aliphatic rings. The Labute approximate surface area is 142 Å². The van der Waals surface area contributed by atoms with Gasteiger partial charge in [0, 0.05) is 6.04 Å². The third-order valence-electron chi connectivity index (χ3n) is 5.19. The summed E-state index contributed by atoms with van der Waals surface area (Å²) in [5, 5.41) is 3.35. The molecule has 23 heavy (non-hydrogen) atoms. The zero-order valence-electron chi connectivity index (χ0n) is 16.0. The molecule has 1 aromatic rings. The molecule has 0 heterocycles. The van der Waals surface area contributed by atoms with Crippen molar-refractivity contribution in [2.75, 3.05) is 0 Å². The van der Waals surface area contributed by atoms with Gasteiger partial charge in [-0.3, -0.25) is 0 Å². The molecule has 1 nitrogen and oxygen atoms in total. The van der Waals surface area contributed by atoms with Gasteiger partial charge in [0.15, 0.2) is 0 Å². The van der Waals surface area contributed by atoms with Crippen LogP contribution < -0.4 is 5.32 Å². The van der Waals surface area contributed by atoms with Gasteiger partial charge in [-0.1, -0.05) is 52.0 Å². The maximum Gasteiger partial charge on any atom is 0.0199 e. The van der Waals surface area contributed by atoms with Crippen molar-refractivity contribution >= 4 is 5.57 Å². The average Bonchev–Trinajstić information content (AvgIpc) is 2.48. The molecule has 1 aromatic carbocycles. The molecular weight excluding hydrogens is 278 g/mol. The van der Waals surface area contributed by atoms with E-state index < -0.39 is 0 Å². The van der Waals surface area contributed by atoms with E-state index in [-0.39, 0.29) is 10.8 Å². The van der Waals surface area contributed by atoms with Crippen LogP contribution in [0.2, 0.25) is 0 Å². The second-order valence-electron chi connectivity index (χ2n) is 8.43. The van der Waals surface area contributed by atoms with Crippen LogP contribution in [0.5, 0.6) is 0 Å². The van der Waals surface area contributed by atoms with Crippen molar-refractivity contribution in [1.29, 1.82) is 0 Å². The number of benzene rings is 1.